The Bertz CT molecular complexity index is 525. The first-order valence-electron chi connectivity index (χ1n) is 5.49. The standard InChI is InChI=1S/C13H14F2N2O3/c1-19-11(12(17)20-13(14)15)6-10(16)9-4-2-8(7-18)3-5-9/h2-7,13H,16-17H2,1H3/b10-6-,12-11-. The van der Waals surface area contributed by atoms with E-state index in [9.17, 15) is 13.6 Å². The topological polar surface area (TPSA) is 87.6 Å². The molecule has 0 atom stereocenters. The van der Waals surface area contributed by atoms with E-state index in [0.29, 0.717) is 17.4 Å². The average Bonchev–Trinajstić information content (AvgIpc) is 2.43. The van der Waals surface area contributed by atoms with Crippen molar-refractivity contribution in [3.05, 3.63) is 53.1 Å². The molecule has 0 spiro atoms. The number of benzene rings is 1. The van der Waals surface area contributed by atoms with Gasteiger partial charge in [-0.25, -0.2) is 0 Å². The Labute approximate surface area is 114 Å². The molecular formula is C13H14F2N2O3. The van der Waals surface area contributed by atoms with Crippen molar-refractivity contribution in [2.45, 2.75) is 6.61 Å². The highest BCUT2D eigenvalue weighted by atomic mass is 19.3. The van der Waals surface area contributed by atoms with Crippen molar-refractivity contribution in [2.24, 2.45) is 11.5 Å². The molecule has 0 aliphatic rings. The van der Waals surface area contributed by atoms with Gasteiger partial charge in [0.05, 0.1) is 7.11 Å². The van der Waals surface area contributed by atoms with Gasteiger partial charge >= 0.3 is 6.61 Å². The van der Waals surface area contributed by atoms with Crippen LogP contribution in [0, 0.1) is 0 Å². The van der Waals surface area contributed by atoms with E-state index < -0.39 is 12.5 Å². The summed E-state index contributed by atoms with van der Waals surface area (Å²) in [6.07, 6.45) is 1.95. The number of hydrogen-bond acceptors (Lipinski definition) is 5. The van der Waals surface area contributed by atoms with E-state index in [0.717, 1.165) is 0 Å². The van der Waals surface area contributed by atoms with Crippen LogP contribution >= 0.6 is 0 Å². The molecular weight excluding hydrogens is 270 g/mol. The van der Waals surface area contributed by atoms with Crippen LogP contribution in [0.1, 0.15) is 15.9 Å². The van der Waals surface area contributed by atoms with E-state index >= 15 is 0 Å². The number of rotatable bonds is 6. The van der Waals surface area contributed by atoms with Gasteiger partial charge < -0.3 is 20.9 Å². The van der Waals surface area contributed by atoms with E-state index in [1.165, 1.54) is 13.2 Å². The van der Waals surface area contributed by atoms with Crippen molar-refractivity contribution in [3.8, 4) is 0 Å². The van der Waals surface area contributed by atoms with E-state index in [-0.39, 0.29) is 11.5 Å². The van der Waals surface area contributed by atoms with Gasteiger partial charge in [-0.2, -0.15) is 8.78 Å². The van der Waals surface area contributed by atoms with Gasteiger partial charge in [-0.05, 0) is 5.56 Å². The normalized spacial score (nSPS) is 12.9. The molecule has 0 aliphatic heterocycles. The molecule has 0 bridgehead atoms. The zero-order valence-electron chi connectivity index (χ0n) is 10.7. The summed E-state index contributed by atoms with van der Waals surface area (Å²) >= 11 is 0. The Morgan fingerprint density at radius 2 is 1.85 bits per heavy atom. The SMILES string of the molecule is COC(/C=C(\N)c1ccc(C=O)cc1)=C(/N)OC(F)F. The number of aldehydes is 1. The van der Waals surface area contributed by atoms with Crippen LogP contribution in [-0.2, 0) is 9.47 Å². The summed E-state index contributed by atoms with van der Waals surface area (Å²) in [7, 11) is 1.25. The number of ether oxygens (including phenoxy) is 2. The maximum atomic E-state index is 12.0. The Morgan fingerprint density at radius 3 is 2.30 bits per heavy atom. The van der Waals surface area contributed by atoms with Crippen LogP contribution in [0.25, 0.3) is 5.70 Å². The molecule has 4 N–H and O–H groups in total. The summed E-state index contributed by atoms with van der Waals surface area (Å²) in [6, 6.07) is 6.34. The summed E-state index contributed by atoms with van der Waals surface area (Å²) < 4.78 is 33.0. The van der Waals surface area contributed by atoms with Gasteiger partial charge in [0.1, 0.15) is 6.29 Å². The lowest BCUT2D eigenvalue weighted by atomic mass is 10.1. The Kier molecular flexibility index (Phi) is 5.52. The van der Waals surface area contributed by atoms with Gasteiger partial charge in [0.25, 0.3) is 0 Å². The Morgan fingerprint density at radius 1 is 1.25 bits per heavy atom. The summed E-state index contributed by atoms with van der Waals surface area (Å²) in [5, 5.41) is 0. The van der Waals surface area contributed by atoms with Crippen molar-refractivity contribution in [2.75, 3.05) is 7.11 Å². The van der Waals surface area contributed by atoms with Crippen molar-refractivity contribution in [1.82, 2.24) is 0 Å². The highest BCUT2D eigenvalue weighted by molar-refractivity contribution is 5.76. The predicted octanol–water partition coefficient (Wildman–Crippen LogP) is 1.81. The minimum atomic E-state index is -3.05. The first kappa shape index (κ1) is 15.5. The van der Waals surface area contributed by atoms with Crippen molar-refractivity contribution in [1.29, 1.82) is 0 Å². The van der Waals surface area contributed by atoms with Gasteiger partial charge in [0.2, 0.25) is 5.88 Å². The molecule has 0 saturated heterocycles. The lowest BCUT2D eigenvalue weighted by Gasteiger charge is -2.09. The molecule has 0 aliphatic carbocycles. The lowest BCUT2D eigenvalue weighted by molar-refractivity contribution is -0.100. The highest BCUT2D eigenvalue weighted by Gasteiger charge is 2.10. The van der Waals surface area contributed by atoms with Crippen LogP contribution in [0.15, 0.2) is 42.0 Å². The summed E-state index contributed by atoms with van der Waals surface area (Å²) in [5.74, 6) is -0.697. The fourth-order valence-corrected chi connectivity index (χ4v) is 1.36. The number of carbonyl (C=O) groups is 1. The molecule has 0 heterocycles. The van der Waals surface area contributed by atoms with Gasteiger partial charge in [-0.1, -0.05) is 24.3 Å². The summed E-state index contributed by atoms with van der Waals surface area (Å²) in [5.41, 5.74) is 12.4. The number of carbonyl (C=O) groups excluding carboxylic acids is 1. The van der Waals surface area contributed by atoms with Crippen LogP contribution in [0.3, 0.4) is 0 Å². The molecule has 108 valence electrons. The molecule has 0 radical (unpaired) electrons. The molecule has 0 amide bonds. The van der Waals surface area contributed by atoms with Gasteiger partial charge in [-0.15, -0.1) is 0 Å². The second-order valence-corrected chi connectivity index (χ2v) is 3.65. The highest BCUT2D eigenvalue weighted by Crippen LogP contribution is 2.15. The average molecular weight is 284 g/mol. The molecule has 1 aromatic carbocycles. The third-order valence-corrected chi connectivity index (χ3v) is 2.35. The van der Waals surface area contributed by atoms with Crippen molar-refractivity contribution >= 4 is 12.0 Å². The molecule has 20 heavy (non-hydrogen) atoms. The first-order valence-corrected chi connectivity index (χ1v) is 5.49. The van der Waals surface area contributed by atoms with Crippen LogP contribution in [-0.4, -0.2) is 20.0 Å². The van der Waals surface area contributed by atoms with Crippen LogP contribution in [0.4, 0.5) is 8.78 Å². The minimum absolute atomic E-state index is 0.123. The summed E-state index contributed by atoms with van der Waals surface area (Å²) in [4.78, 5) is 10.5. The molecule has 0 saturated carbocycles. The minimum Gasteiger partial charge on any atom is -0.491 e. The van der Waals surface area contributed by atoms with E-state index in [1.54, 1.807) is 24.3 Å². The molecule has 1 rings (SSSR count). The molecule has 7 heteroatoms. The number of halogens is 2. The van der Waals surface area contributed by atoms with Crippen molar-refractivity contribution < 1.29 is 23.0 Å². The summed E-state index contributed by atoms with van der Waals surface area (Å²) in [6.45, 7) is -3.05. The smallest absolute Gasteiger partial charge is 0.388 e. The number of hydrogen-bond donors (Lipinski definition) is 2. The van der Waals surface area contributed by atoms with E-state index in [4.69, 9.17) is 16.2 Å². The second-order valence-electron chi connectivity index (χ2n) is 3.65. The fraction of sp³-hybridized carbons (Fsp3) is 0.154. The molecule has 0 aromatic heterocycles. The van der Waals surface area contributed by atoms with E-state index in [2.05, 4.69) is 4.74 Å². The first-order chi connectivity index (χ1) is 9.47. The van der Waals surface area contributed by atoms with E-state index in [1.807, 2.05) is 0 Å². The monoisotopic (exact) mass is 284 g/mol. The van der Waals surface area contributed by atoms with Gasteiger partial charge in [0, 0.05) is 17.3 Å². The number of methoxy groups -OCH3 is 1. The number of nitrogens with two attached hydrogens (primary N) is 2. The number of alkyl halides is 2. The molecule has 5 nitrogen and oxygen atoms in total. The third-order valence-electron chi connectivity index (χ3n) is 2.35. The zero-order chi connectivity index (χ0) is 15.1. The maximum absolute atomic E-state index is 12.0. The molecule has 0 fully saturated rings. The van der Waals surface area contributed by atoms with Crippen LogP contribution in [0.2, 0.25) is 0 Å². The number of allylic oxidation sites excluding steroid dienone is 1. The second kappa shape index (κ2) is 7.13. The Hall–Kier alpha value is -2.57. The van der Waals surface area contributed by atoms with Crippen LogP contribution < -0.4 is 11.5 Å². The predicted molar refractivity (Wildman–Crippen MR) is 69.3 cm³/mol. The molecule has 0 unspecified atom stereocenters. The molecule has 1 aromatic rings. The van der Waals surface area contributed by atoms with Gasteiger partial charge in [-0.3, -0.25) is 4.79 Å². The van der Waals surface area contributed by atoms with Crippen LogP contribution in [0.5, 0.6) is 0 Å². The lowest BCUT2D eigenvalue weighted by Crippen LogP contribution is -2.11. The largest absolute Gasteiger partial charge is 0.491 e. The Balaban J connectivity index is 3.02. The maximum Gasteiger partial charge on any atom is 0.388 e. The quantitative estimate of drug-likeness (QED) is 0.472. The van der Waals surface area contributed by atoms with Gasteiger partial charge in [0.15, 0.2) is 5.76 Å². The fourth-order valence-electron chi connectivity index (χ4n) is 1.36. The third kappa shape index (κ3) is 4.27. The zero-order valence-corrected chi connectivity index (χ0v) is 10.7. The van der Waals surface area contributed by atoms with Crippen molar-refractivity contribution in [3.63, 3.8) is 0 Å².